The van der Waals surface area contributed by atoms with E-state index in [1.54, 1.807) is 12.1 Å². The standard InChI is InChI=1S/C16H16BrNO4S/c1-22-16(19)15(10-12-6-3-2-4-7-12)18-23(20,21)14-9-5-8-13(17)11-14/h2-9,11,15,18H,10H2,1H3. The summed E-state index contributed by atoms with van der Waals surface area (Å²) in [6.07, 6.45) is 0.209. The molecule has 0 fully saturated rings. The minimum Gasteiger partial charge on any atom is -0.468 e. The van der Waals surface area contributed by atoms with E-state index in [9.17, 15) is 13.2 Å². The first-order valence-corrected chi connectivity index (χ1v) is 9.09. The van der Waals surface area contributed by atoms with Gasteiger partial charge in [0.1, 0.15) is 6.04 Å². The molecule has 0 bridgehead atoms. The molecule has 2 aromatic carbocycles. The molecule has 122 valence electrons. The highest BCUT2D eigenvalue weighted by molar-refractivity contribution is 9.10. The molecule has 0 saturated heterocycles. The van der Waals surface area contributed by atoms with Gasteiger partial charge >= 0.3 is 5.97 Å². The number of rotatable bonds is 6. The lowest BCUT2D eigenvalue weighted by atomic mass is 10.1. The third-order valence-electron chi connectivity index (χ3n) is 3.17. The van der Waals surface area contributed by atoms with Gasteiger partial charge in [-0.05, 0) is 30.2 Å². The van der Waals surface area contributed by atoms with Crippen LogP contribution in [0.4, 0.5) is 0 Å². The lowest BCUT2D eigenvalue weighted by molar-refractivity contribution is -0.142. The second-order valence-electron chi connectivity index (χ2n) is 4.84. The number of halogens is 1. The fourth-order valence-electron chi connectivity index (χ4n) is 2.05. The van der Waals surface area contributed by atoms with Crippen molar-refractivity contribution in [2.24, 2.45) is 0 Å². The summed E-state index contributed by atoms with van der Waals surface area (Å²) in [5, 5.41) is 0. The van der Waals surface area contributed by atoms with Gasteiger partial charge in [0.15, 0.2) is 0 Å². The van der Waals surface area contributed by atoms with Gasteiger partial charge in [0, 0.05) is 4.47 Å². The molecule has 0 aromatic heterocycles. The summed E-state index contributed by atoms with van der Waals surface area (Å²) in [6, 6.07) is 14.4. The van der Waals surface area contributed by atoms with Crippen LogP contribution in [0.15, 0.2) is 64.0 Å². The maximum Gasteiger partial charge on any atom is 0.324 e. The van der Waals surface area contributed by atoms with E-state index in [4.69, 9.17) is 4.74 Å². The molecule has 0 aliphatic heterocycles. The Morgan fingerprint density at radius 3 is 2.48 bits per heavy atom. The zero-order chi connectivity index (χ0) is 16.9. The Hall–Kier alpha value is -1.70. The Morgan fingerprint density at radius 1 is 1.17 bits per heavy atom. The number of benzene rings is 2. The number of nitrogens with one attached hydrogen (secondary N) is 1. The molecule has 5 nitrogen and oxygen atoms in total. The van der Waals surface area contributed by atoms with Crippen molar-refractivity contribution in [3.05, 3.63) is 64.6 Å². The predicted octanol–water partition coefficient (Wildman–Crippen LogP) is 2.51. The maximum absolute atomic E-state index is 12.5. The van der Waals surface area contributed by atoms with Crippen LogP contribution in [0, 0.1) is 0 Å². The van der Waals surface area contributed by atoms with E-state index >= 15 is 0 Å². The highest BCUT2D eigenvalue weighted by atomic mass is 79.9. The van der Waals surface area contributed by atoms with E-state index in [1.807, 2.05) is 30.3 Å². The summed E-state index contributed by atoms with van der Waals surface area (Å²) in [5.74, 6) is -0.632. The first-order valence-electron chi connectivity index (χ1n) is 6.82. The van der Waals surface area contributed by atoms with Gasteiger partial charge in [-0.1, -0.05) is 52.3 Å². The molecule has 0 radical (unpaired) electrons. The normalized spacial score (nSPS) is 12.6. The number of carbonyl (C=O) groups is 1. The maximum atomic E-state index is 12.5. The van der Waals surface area contributed by atoms with Crippen molar-refractivity contribution in [1.82, 2.24) is 4.72 Å². The average molecular weight is 398 g/mol. The molecule has 0 aliphatic carbocycles. The van der Waals surface area contributed by atoms with Crippen LogP contribution in [-0.2, 0) is 26.0 Å². The lowest BCUT2D eigenvalue weighted by Crippen LogP contribution is -2.42. The number of esters is 1. The van der Waals surface area contributed by atoms with Gasteiger partial charge in [0.2, 0.25) is 10.0 Å². The number of methoxy groups -OCH3 is 1. The van der Waals surface area contributed by atoms with Crippen molar-refractivity contribution in [1.29, 1.82) is 0 Å². The summed E-state index contributed by atoms with van der Waals surface area (Å²) in [6.45, 7) is 0. The molecule has 23 heavy (non-hydrogen) atoms. The molecule has 0 spiro atoms. The molecule has 1 unspecified atom stereocenters. The van der Waals surface area contributed by atoms with Gasteiger partial charge < -0.3 is 4.74 Å². The molecule has 0 heterocycles. The van der Waals surface area contributed by atoms with E-state index in [0.29, 0.717) is 4.47 Å². The first-order chi connectivity index (χ1) is 10.9. The molecule has 7 heteroatoms. The Labute approximate surface area is 143 Å². The number of sulfonamides is 1. The van der Waals surface area contributed by atoms with E-state index < -0.39 is 22.0 Å². The van der Waals surface area contributed by atoms with Gasteiger partial charge in [0.25, 0.3) is 0 Å². The topological polar surface area (TPSA) is 72.5 Å². The van der Waals surface area contributed by atoms with Gasteiger partial charge in [-0.2, -0.15) is 4.72 Å². The minimum absolute atomic E-state index is 0.0776. The number of carbonyl (C=O) groups excluding carboxylic acids is 1. The molecule has 0 saturated carbocycles. The van der Waals surface area contributed by atoms with Crippen molar-refractivity contribution in [3.63, 3.8) is 0 Å². The summed E-state index contributed by atoms with van der Waals surface area (Å²) in [7, 11) is -2.61. The number of hydrogen-bond donors (Lipinski definition) is 1. The minimum atomic E-state index is -3.84. The average Bonchev–Trinajstić information content (AvgIpc) is 2.54. The molecular weight excluding hydrogens is 382 g/mol. The monoisotopic (exact) mass is 397 g/mol. The Balaban J connectivity index is 2.25. The zero-order valence-corrected chi connectivity index (χ0v) is 14.8. The Kier molecular flexibility index (Phi) is 5.92. The quantitative estimate of drug-likeness (QED) is 0.760. The van der Waals surface area contributed by atoms with E-state index in [2.05, 4.69) is 20.7 Å². The third-order valence-corrected chi connectivity index (χ3v) is 5.13. The SMILES string of the molecule is COC(=O)C(Cc1ccccc1)NS(=O)(=O)c1cccc(Br)c1. The second kappa shape index (κ2) is 7.72. The van der Waals surface area contributed by atoms with Gasteiger partial charge in [-0.25, -0.2) is 8.42 Å². The van der Waals surface area contributed by atoms with Crippen LogP contribution in [0.5, 0.6) is 0 Å². The summed E-state index contributed by atoms with van der Waals surface area (Å²) >= 11 is 3.23. The van der Waals surface area contributed by atoms with E-state index in [0.717, 1.165) is 5.56 Å². The molecule has 1 atom stereocenters. The van der Waals surface area contributed by atoms with Crippen molar-refractivity contribution in [2.75, 3.05) is 7.11 Å². The number of ether oxygens (including phenoxy) is 1. The van der Waals surface area contributed by atoms with Crippen LogP contribution in [0.3, 0.4) is 0 Å². The van der Waals surface area contributed by atoms with Crippen LogP contribution in [0.25, 0.3) is 0 Å². The highest BCUT2D eigenvalue weighted by Gasteiger charge is 2.26. The molecule has 0 aliphatic rings. The van der Waals surface area contributed by atoms with Crippen molar-refractivity contribution >= 4 is 31.9 Å². The predicted molar refractivity (Wildman–Crippen MR) is 90.4 cm³/mol. The third kappa shape index (κ3) is 4.89. The van der Waals surface area contributed by atoms with Crippen molar-refractivity contribution in [2.45, 2.75) is 17.4 Å². The number of hydrogen-bond acceptors (Lipinski definition) is 4. The highest BCUT2D eigenvalue weighted by Crippen LogP contribution is 2.17. The van der Waals surface area contributed by atoms with Crippen molar-refractivity contribution in [3.8, 4) is 0 Å². The summed E-state index contributed by atoms with van der Waals surface area (Å²) < 4.78 is 32.7. The Morgan fingerprint density at radius 2 is 1.87 bits per heavy atom. The van der Waals surface area contributed by atoms with Crippen molar-refractivity contribution < 1.29 is 17.9 Å². The summed E-state index contributed by atoms with van der Waals surface area (Å²) in [4.78, 5) is 12.0. The van der Waals surface area contributed by atoms with Gasteiger partial charge in [0.05, 0.1) is 12.0 Å². The van der Waals surface area contributed by atoms with Gasteiger partial charge in [-0.15, -0.1) is 0 Å². The van der Waals surface area contributed by atoms with Crippen LogP contribution < -0.4 is 4.72 Å². The Bertz CT molecular complexity index is 778. The van der Waals surface area contributed by atoms with Crippen LogP contribution >= 0.6 is 15.9 Å². The lowest BCUT2D eigenvalue weighted by Gasteiger charge is -2.17. The molecular formula is C16H16BrNO4S. The molecule has 2 rings (SSSR count). The zero-order valence-electron chi connectivity index (χ0n) is 12.4. The molecule has 1 N–H and O–H groups in total. The molecule has 0 amide bonds. The van der Waals surface area contributed by atoms with Crippen LogP contribution in [0.1, 0.15) is 5.56 Å². The molecule has 2 aromatic rings. The summed E-state index contributed by atoms with van der Waals surface area (Å²) in [5.41, 5.74) is 0.833. The van der Waals surface area contributed by atoms with E-state index in [1.165, 1.54) is 19.2 Å². The van der Waals surface area contributed by atoms with Crippen LogP contribution in [0.2, 0.25) is 0 Å². The fraction of sp³-hybridized carbons (Fsp3) is 0.188. The smallest absolute Gasteiger partial charge is 0.324 e. The first kappa shape index (κ1) is 17.7. The van der Waals surface area contributed by atoms with Crippen LogP contribution in [-0.4, -0.2) is 27.5 Å². The second-order valence-corrected chi connectivity index (χ2v) is 7.47. The van der Waals surface area contributed by atoms with E-state index in [-0.39, 0.29) is 11.3 Å². The van der Waals surface area contributed by atoms with Gasteiger partial charge in [-0.3, -0.25) is 4.79 Å². The fourth-order valence-corrected chi connectivity index (χ4v) is 3.84. The largest absolute Gasteiger partial charge is 0.468 e.